The number of nitrogens with zero attached hydrogens (tertiary/aromatic N) is 3. The molecule has 0 bridgehead atoms. The first-order valence-electron chi connectivity index (χ1n) is 5.40. The van der Waals surface area contributed by atoms with Crippen LogP contribution in [-0.2, 0) is 18.0 Å². The number of halogens is 3. The maximum Gasteiger partial charge on any atom is 0.417 e. The molecule has 3 nitrogen and oxygen atoms in total. The molecule has 2 heterocycles. The van der Waals surface area contributed by atoms with Gasteiger partial charge in [0.05, 0.1) is 16.0 Å². The number of pyridine rings is 1. The summed E-state index contributed by atoms with van der Waals surface area (Å²) in [4.78, 5) is 3.86. The number of alkyl halides is 3. The van der Waals surface area contributed by atoms with Gasteiger partial charge in [-0.2, -0.15) is 18.3 Å². The lowest BCUT2D eigenvalue weighted by molar-refractivity contribution is -0.137. The Balaban J connectivity index is 2.73. The highest BCUT2D eigenvalue weighted by Gasteiger charge is 2.33. The third kappa shape index (κ3) is 2.55. The monoisotopic (exact) mass is 307 g/mol. The minimum Gasteiger partial charge on any atom is -0.250 e. The fourth-order valence-corrected chi connectivity index (χ4v) is 2.28. The molecule has 2 aromatic rings. The molecule has 2 rings (SSSR count). The zero-order valence-electron chi connectivity index (χ0n) is 10.5. The Morgan fingerprint density at radius 3 is 2.47 bits per heavy atom. The normalized spacial score (nSPS) is 13.2. The third-order valence-electron chi connectivity index (χ3n) is 2.80. The van der Waals surface area contributed by atoms with E-state index in [2.05, 4.69) is 21.7 Å². The molecular formula is C11H12F3N3S2. The fourth-order valence-electron chi connectivity index (χ4n) is 1.78. The van der Waals surface area contributed by atoms with Gasteiger partial charge < -0.3 is 0 Å². The van der Waals surface area contributed by atoms with Crippen molar-refractivity contribution in [2.75, 3.05) is 0 Å². The van der Waals surface area contributed by atoms with Gasteiger partial charge in [-0.1, -0.05) is 10.8 Å². The molecular weight excluding hydrogens is 295 g/mol. The number of thiol groups is 1. The third-order valence-corrected chi connectivity index (χ3v) is 4.82. The van der Waals surface area contributed by atoms with Crippen molar-refractivity contribution in [3.8, 4) is 0 Å². The molecule has 0 spiro atoms. The van der Waals surface area contributed by atoms with Crippen LogP contribution in [0.3, 0.4) is 0 Å². The number of aromatic nitrogens is 3. The van der Waals surface area contributed by atoms with Crippen LogP contribution in [-0.4, -0.2) is 14.8 Å². The van der Waals surface area contributed by atoms with Crippen LogP contribution in [0.15, 0.2) is 12.3 Å². The summed E-state index contributed by atoms with van der Waals surface area (Å²) in [6, 6.07) is 1.09. The maximum absolute atomic E-state index is 12.7. The van der Waals surface area contributed by atoms with Crippen LogP contribution in [0.25, 0.3) is 11.0 Å². The summed E-state index contributed by atoms with van der Waals surface area (Å²) in [6.07, 6.45) is -3.58. The van der Waals surface area contributed by atoms with Crippen LogP contribution < -0.4 is 0 Å². The van der Waals surface area contributed by atoms with Gasteiger partial charge in [0.15, 0.2) is 5.65 Å². The van der Waals surface area contributed by atoms with Gasteiger partial charge >= 0.3 is 6.18 Å². The van der Waals surface area contributed by atoms with Crippen molar-refractivity contribution in [1.29, 1.82) is 0 Å². The molecule has 0 atom stereocenters. The Morgan fingerprint density at radius 2 is 1.95 bits per heavy atom. The average Bonchev–Trinajstić information content (AvgIpc) is 2.66. The summed E-state index contributed by atoms with van der Waals surface area (Å²) in [5.74, 6) is 0. The highest BCUT2D eigenvalue weighted by Crippen LogP contribution is 2.41. The second-order valence-corrected chi connectivity index (χ2v) is 6.42. The molecule has 0 saturated heterocycles. The molecule has 0 unspecified atom stereocenters. The van der Waals surface area contributed by atoms with E-state index < -0.39 is 16.5 Å². The maximum atomic E-state index is 12.7. The lowest BCUT2D eigenvalue weighted by atomic mass is 10.1. The number of rotatable bonds is 2. The van der Waals surface area contributed by atoms with Gasteiger partial charge in [0, 0.05) is 18.6 Å². The predicted octanol–water partition coefficient (Wildman–Crippen LogP) is 3.80. The minimum atomic E-state index is -4.41. The van der Waals surface area contributed by atoms with Gasteiger partial charge in [-0.3, -0.25) is 4.68 Å². The Kier molecular flexibility index (Phi) is 3.51. The smallest absolute Gasteiger partial charge is 0.250 e. The topological polar surface area (TPSA) is 30.7 Å². The molecule has 0 radical (unpaired) electrons. The fraction of sp³-hybridized carbons (Fsp3) is 0.455. The first kappa shape index (κ1) is 14.5. The molecule has 2 aromatic heterocycles. The van der Waals surface area contributed by atoms with E-state index in [1.807, 2.05) is 13.8 Å². The molecule has 0 aliphatic heterocycles. The zero-order valence-corrected chi connectivity index (χ0v) is 12.2. The summed E-state index contributed by atoms with van der Waals surface area (Å²) in [7, 11) is 2.89. The quantitative estimate of drug-likeness (QED) is 0.676. The van der Waals surface area contributed by atoms with Crippen LogP contribution in [0.5, 0.6) is 0 Å². The van der Waals surface area contributed by atoms with Crippen molar-refractivity contribution in [2.45, 2.75) is 24.8 Å². The molecule has 8 heteroatoms. The Morgan fingerprint density at radius 1 is 1.32 bits per heavy atom. The standard InChI is InChI=1S/C11H12F3N3S2/c1-10(2,19-18)8-7-4-6(11(12,13)14)5-15-9(7)17(3)16-8/h4-5,18H,1-3H3. The van der Waals surface area contributed by atoms with Crippen LogP contribution in [0.4, 0.5) is 13.2 Å². The summed E-state index contributed by atoms with van der Waals surface area (Å²) in [5, 5.41) is 4.68. The van der Waals surface area contributed by atoms with Gasteiger partial charge in [0.2, 0.25) is 0 Å². The highest BCUT2D eigenvalue weighted by atomic mass is 33.1. The van der Waals surface area contributed by atoms with Gasteiger partial charge in [0.25, 0.3) is 0 Å². The molecule has 0 saturated carbocycles. The van der Waals surface area contributed by atoms with E-state index in [0.717, 1.165) is 12.3 Å². The molecule has 0 aliphatic rings. The lowest BCUT2D eigenvalue weighted by Gasteiger charge is -2.18. The van der Waals surface area contributed by atoms with Crippen LogP contribution >= 0.6 is 22.5 Å². The van der Waals surface area contributed by atoms with Crippen molar-refractivity contribution in [3.63, 3.8) is 0 Å². The van der Waals surface area contributed by atoms with E-state index >= 15 is 0 Å². The van der Waals surface area contributed by atoms with Crippen molar-refractivity contribution in [1.82, 2.24) is 14.8 Å². The predicted molar refractivity (Wildman–Crippen MR) is 73.1 cm³/mol. The van der Waals surface area contributed by atoms with Gasteiger partial charge in [-0.25, -0.2) is 4.98 Å². The second kappa shape index (κ2) is 4.59. The SMILES string of the molecule is Cn1nc(C(C)(C)SS)c2cc(C(F)(F)F)cnc21. The minimum absolute atomic E-state index is 0.406. The Hall–Kier alpha value is -0.890. The van der Waals surface area contributed by atoms with Gasteiger partial charge in [-0.05, 0) is 19.9 Å². The molecule has 0 aliphatic carbocycles. The largest absolute Gasteiger partial charge is 0.417 e. The molecule has 104 valence electrons. The first-order valence-corrected chi connectivity index (χ1v) is 7.26. The van der Waals surface area contributed by atoms with E-state index in [1.54, 1.807) is 7.05 Å². The Labute approximate surface area is 117 Å². The van der Waals surface area contributed by atoms with Crippen LogP contribution in [0.1, 0.15) is 25.1 Å². The van der Waals surface area contributed by atoms with E-state index in [-0.39, 0.29) is 0 Å². The number of aryl methyl sites for hydroxylation is 1. The van der Waals surface area contributed by atoms with Crippen molar-refractivity contribution >= 4 is 33.5 Å². The highest BCUT2D eigenvalue weighted by molar-refractivity contribution is 8.69. The molecule has 0 N–H and O–H groups in total. The van der Waals surface area contributed by atoms with E-state index in [0.29, 0.717) is 16.7 Å². The summed E-state index contributed by atoms with van der Waals surface area (Å²) >= 11 is 4.15. The van der Waals surface area contributed by atoms with Crippen molar-refractivity contribution < 1.29 is 13.2 Å². The van der Waals surface area contributed by atoms with Crippen molar-refractivity contribution in [3.05, 3.63) is 23.5 Å². The zero-order chi connectivity index (χ0) is 14.4. The lowest BCUT2D eigenvalue weighted by Crippen LogP contribution is -2.12. The van der Waals surface area contributed by atoms with E-state index in [1.165, 1.54) is 15.5 Å². The Bertz CT molecular complexity index is 619. The second-order valence-electron chi connectivity index (χ2n) is 4.67. The average molecular weight is 307 g/mol. The van der Waals surface area contributed by atoms with E-state index in [9.17, 15) is 13.2 Å². The first-order chi connectivity index (χ1) is 8.66. The number of fused-ring (bicyclic) bond motifs is 1. The molecule has 19 heavy (non-hydrogen) atoms. The molecule has 0 aromatic carbocycles. The summed E-state index contributed by atoms with van der Waals surface area (Å²) in [6.45, 7) is 3.71. The summed E-state index contributed by atoms with van der Waals surface area (Å²) < 4.78 is 39.2. The van der Waals surface area contributed by atoms with Gasteiger partial charge in [-0.15, -0.1) is 11.7 Å². The van der Waals surface area contributed by atoms with Gasteiger partial charge in [0.1, 0.15) is 0 Å². The van der Waals surface area contributed by atoms with E-state index in [4.69, 9.17) is 0 Å². The number of hydrogen-bond donors (Lipinski definition) is 1. The molecule has 0 fully saturated rings. The number of hydrogen-bond acceptors (Lipinski definition) is 4. The molecule has 0 amide bonds. The van der Waals surface area contributed by atoms with Crippen molar-refractivity contribution in [2.24, 2.45) is 7.05 Å². The van der Waals surface area contributed by atoms with Crippen LogP contribution in [0, 0.1) is 0 Å². The van der Waals surface area contributed by atoms with Crippen LogP contribution in [0.2, 0.25) is 0 Å². The summed E-state index contributed by atoms with van der Waals surface area (Å²) in [5.41, 5.74) is 0.205.